The molecule has 240 valence electrons. The van der Waals surface area contributed by atoms with Crippen molar-refractivity contribution in [3.8, 4) is 5.88 Å². The second kappa shape index (κ2) is 14.1. The molecule has 0 radical (unpaired) electrons. The van der Waals surface area contributed by atoms with E-state index >= 15 is 0 Å². The first-order valence-electron chi connectivity index (χ1n) is 13.0. The number of rotatable bonds is 15. The van der Waals surface area contributed by atoms with Crippen LogP contribution in [0.4, 0.5) is 10.7 Å². The van der Waals surface area contributed by atoms with Crippen molar-refractivity contribution in [2.24, 2.45) is 0 Å². The summed E-state index contributed by atoms with van der Waals surface area (Å²) < 4.78 is 36.5. The summed E-state index contributed by atoms with van der Waals surface area (Å²) in [6.45, 7) is 0.124. The average molecular weight is 649 g/mol. The molecule has 3 amide bonds. The smallest absolute Gasteiger partial charge is 0.327 e. The Balaban J connectivity index is 1.80. The number of anilines is 1. The van der Waals surface area contributed by atoms with Gasteiger partial charge in [-0.2, -0.15) is 9.97 Å². The molecular formula is C23H37N8O10PS. The van der Waals surface area contributed by atoms with Crippen LogP contribution in [-0.4, -0.2) is 129 Å². The molecule has 0 saturated carbocycles. The van der Waals surface area contributed by atoms with Crippen LogP contribution in [0.15, 0.2) is 6.33 Å². The number of esters is 1. The van der Waals surface area contributed by atoms with Crippen molar-refractivity contribution in [2.45, 2.75) is 57.4 Å². The number of hydrogen-bond donors (Lipinski definition) is 4. The Morgan fingerprint density at radius 2 is 1.88 bits per heavy atom. The summed E-state index contributed by atoms with van der Waals surface area (Å²) in [6.07, 6.45) is -3.89. The lowest BCUT2D eigenvalue weighted by Gasteiger charge is -2.29. The second-order valence-electron chi connectivity index (χ2n) is 9.83. The van der Waals surface area contributed by atoms with E-state index in [1.807, 2.05) is 0 Å². The largest absolute Gasteiger partial charge is 0.479 e. The molecule has 0 bridgehead atoms. The fourth-order valence-electron chi connectivity index (χ4n) is 4.02. The lowest BCUT2D eigenvalue weighted by Crippen LogP contribution is -2.40. The molecule has 1 saturated heterocycles. The Bertz CT molecular complexity index is 1380. The Morgan fingerprint density at radius 3 is 2.44 bits per heavy atom. The van der Waals surface area contributed by atoms with Gasteiger partial charge < -0.3 is 39.6 Å². The number of nitrogens with zero attached hydrogens (tertiary/aromatic N) is 6. The number of hydrogen-bond acceptors (Lipinski definition) is 15. The van der Waals surface area contributed by atoms with Gasteiger partial charge in [-0.15, -0.1) is 0 Å². The number of imide groups is 1. The van der Waals surface area contributed by atoms with Crippen molar-refractivity contribution >= 4 is 53.1 Å². The summed E-state index contributed by atoms with van der Waals surface area (Å²) in [5.74, 6) is -1.45. The number of fused-ring (bicyclic) bond motifs is 1. The number of carbonyl (C=O) groups is 3. The van der Waals surface area contributed by atoms with Crippen molar-refractivity contribution in [1.82, 2.24) is 34.4 Å². The zero-order valence-corrected chi connectivity index (χ0v) is 26.4. The third kappa shape index (κ3) is 7.72. The Labute approximate surface area is 251 Å². The molecule has 20 heteroatoms. The van der Waals surface area contributed by atoms with Crippen LogP contribution >= 0.6 is 18.1 Å². The number of imidazole rings is 1. The van der Waals surface area contributed by atoms with E-state index in [-0.39, 0.29) is 28.7 Å². The average Bonchev–Trinajstić information content (AvgIpc) is 3.45. The summed E-state index contributed by atoms with van der Waals surface area (Å²) in [5, 5.41) is 24.6. The fourth-order valence-corrected chi connectivity index (χ4v) is 7.98. The van der Waals surface area contributed by atoms with Crippen molar-refractivity contribution in [3.05, 3.63) is 6.33 Å². The summed E-state index contributed by atoms with van der Waals surface area (Å²) in [7, 11) is 5.36. The van der Waals surface area contributed by atoms with Gasteiger partial charge >= 0.3 is 18.7 Å². The third-order valence-corrected chi connectivity index (χ3v) is 10.5. The minimum absolute atomic E-state index is 0.0583. The number of aromatic nitrogens is 4. The van der Waals surface area contributed by atoms with Crippen LogP contribution in [0.1, 0.15) is 27.0 Å². The predicted molar refractivity (Wildman–Crippen MR) is 154 cm³/mol. The van der Waals surface area contributed by atoms with Crippen molar-refractivity contribution in [3.63, 3.8) is 0 Å². The number of aliphatic hydroxyl groups is 2. The molecule has 0 spiro atoms. The number of methoxy groups -OCH3 is 2. The highest BCUT2D eigenvalue weighted by atomic mass is 32.7. The zero-order chi connectivity index (χ0) is 32.2. The van der Waals surface area contributed by atoms with Gasteiger partial charge in [-0.25, -0.2) is 14.9 Å². The second-order valence-corrected chi connectivity index (χ2v) is 14.1. The highest BCUT2D eigenvalue weighted by Gasteiger charge is 2.43. The van der Waals surface area contributed by atoms with Gasteiger partial charge in [0, 0.05) is 27.0 Å². The number of nitrogen functional groups attached to an aromatic ring is 1. The maximum atomic E-state index is 14.0. The van der Waals surface area contributed by atoms with E-state index in [1.54, 1.807) is 13.8 Å². The molecule has 0 aliphatic carbocycles. The van der Waals surface area contributed by atoms with E-state index in [1.165, 1.54) is 46.5 Å². The molecule has 3 heterocycles. The van der Waals surface area contributed by atoms with Crippen LogP contribution in [0.25, 0.3) is 11.2 Å². The van der Waals surface area contributed by atoms with Crippen LogP contribution < -0.4 is 15.6 Å². The maximum absolute atomic E-state index is 14.0. The molecule has 18 nitrogen and oxygen atoms in total. The van der Waals surface area contributed by atoms with E-state index < -0.39 is 67.9 Å². The Hall–Kier alpha value is -3.06. The number of amides is 3. The van der Waals surface area contributed by atoms with Crippen LogP contribution in [0.2, 0.25) is 0 Å². The van der Waals surface area contributed by atoms with Gasteiger partial charge in [-0.3, -0.25) is 23.6 Å². The standard InChI is InChI=1S/C23H37N8O10PS/c1-11(2)41-21(35)12(3)28-42(37,43-9-13-19(33)30(5)23(36)29(13)4)40-8-14(38-6)16(32)20(34)31-10-25-15-17(31)26-22(24)27-18(15)39-7/h10-14,16,20,32,34H,8-9H2,1-7H3,(H,28,37)(H2,24,26,27)/t12-,13+,14-,16-,20?,42?/m1/s1. The van der Waals surface area contributed by atoms with Gasteiger partial charge in [0.05, 0.1) is 26.1 Å². The van der Waals surface area contributed by atoms with E-state index in [2.05, 4.69) is 20.0 Å². The molecule has 3 rings (SSSR count). The molecule has 2 aromatic heterocycles. The van der Waals surface area contributed by atoms with Gasteiger partial charge in [0.15, 0.2) is 17.4 Å². The van der Waals surface area contributed by atoms with Gasteiger partial charge in [0.25, 0.3) is 5.91 Å². The maximum Gasteiger partial charge on any atom is 0.327 e. The van der Waals surface area contributed by atoms with Gasteiger partial charge in [0.1, 0.15) is 24.3 Å². The SMILES string of the molecule is COc1nc(N)nc2c1ncn2C(O)[C@H](O)[C@@H](COP(=O)(N[C@H](C)C(=O)OC(C)C)SC[C@H]1C(=O)N(C)C(=O)N1C)OC. The number of likely N-dealkylation sites (N-methyl/N-ethyl adjacent to an activating group) is 2. The lowest BCUT2D eigenvalue weighted by atomic mass is 10.2. The van der Waals surface area contributed by atoms with Gasteiger partial charge in [0.2, 0.25) is 11.8 Å². The molecule has 6 atom stereocenters. The fraction of sp³-hybridized carbons (Fsp3) is 0.652. The first-order chi connectivity index (χ1) is 20.1. The van der Waals surface area contributed by atoms with E-state index in [0.717, 1.165) is 9.47 Å². The highest BCUT2D eigenvalue weighted by Crippen LogP contribution is 2.57. The first kappa shape index (κ1) is 34.4. The summed E-state index contributed by atoms with van der Waals surface area (Å²) in [4.78, 5) is 51.4. The van der Waals surface area contributed by atoms with Gasteiger partial charge in [-0.1, -0.05) is 11.4 Å². The number of nitrogens with two attached hydrogens (primary N) is 1. The van der Waals surface area contributed by atoms with Crippen LogP contribution in [0, 0.1) is 0 Å². The Kier molecular flexibility index (Phi) is 11.3. The number of carbonyl (C=O) groups excluding carboxylic acids is 3. The third-order valence-electron chi connectivity index (χ3n) is 6.41. The van der Waals surface area contributed by atoms with E-state index in [0.29, 0.717) is 11.4 Å². The monoisotopic (exact) mass is 648 g/mol. The Morgan fingerprint density at radius 1 is 1.21 bits per heavy atom. The molecule has 5 N–H and O–H groups in total. The molecule has 2 unspecified atom stereocenters. The van der Waals surface area contributed by atoms with Crippen LogP contribution in [-0.2, 0) is 28.2 Å². The lowest BCUT2D eigenvalue weighted by molar-refractivity contribution is -0.149. The molecule has 2 aromatic rings. The molecular weight excluding hydrogens is 611 g/mol. The van der Waals surface area contributed by atoms with E-state index in [4.69, 9.17) is 24.5 Å². The molecule has 1 aliphatic heterocycles. The van der Waals surface area contributed by atoms with E-state index in [9.17, 15) is 29.2 Å². The minimum Gasteiger partial charge on any atom is -0.479 e. The summed E-state index contributed by atoms with van der Waals surface area (Å²) >= 11 is 0.689. The number of ether oxygens (including phenoxy) is 3. The highest BCUT2D eigenvalue weighted by molar-refractivity contribution is 8.56. The predicted octanol–water partition coefficient (Wildman–Crippen LogP) is -0.0361. The number of urea groups is 1. The van der Waals surface area contributed by atoms with Crippen molar-refractivity contribution < 1.29 is 47.9 Å². The van der Waals surface area contributed by atoms with Gasteiger partial charge in [-0.05, 0) is 20.8 Å². The quantitative estimate of drug-likeness (QED) is 0.113. The minimum atomic E-state index is -4.06. The number of nitrogens with one attached hydrogen (secondary N) is 1. The van der Waals surface area contributed by atoms with Crippen LogP contribution in [0.5, 0.6) is 5.88 Å². The van der Waals surface area contributed by atoms with Crippen LogP contribution in [0.3, 0.4) is 0 Å². The molecule has 43 heavy (non-hydrogen) atoms. The first-order valence-corrected chi connectivity index (χ1v) is 16.2. The van der Waals surface area contributed by atoms with Crippen molar-refractivity contribution in [2.75, 3.05) is 46.4 Å². The zero-order valence-electron chi connectivity index (χ0n) is 24.7. The van der Waals surface area contributed by atoms with Crippen molar-refractivity contribution in [1.29, 1.82) is 0 Å². The number of aliphatic hydroxyl groups excluding tert-OH is 2. The normalized spacial score (nSPS) is 19.9. The summed E-state index contributed by atoms with van der Waals surface area (Å²) in [5.41, 5.74) is 5.97. The topological polar surface area (TPSA) is 234 Å². The molecule has 1 fully saturated rings. The summed E-state index contributed by atoms with van der Waals surface area (Å²) in [6, 6.07) is -2.57. The molecule has 1 aliphatic rings. The molecule has 0 aromatic carbocycles.